The fraction of sp³-hybridized carbons (Fsp3) is 0.167. The first-order valence-electron chi connectivity index (χ1n) is 10.5. The molecule has 0 saturated heterocycles. The Balaban J connectivity index is 1.54. The summed E-state index contributed by atoms with van der Waals surface area (Å²) in [5.41, 5.74) is -4.14. The minimum atomic E-state index is -5.07. The van der Waals surface area contributed by atoms with Gasteiger partial charge in [0.05, 0.1) is 22.2 Å². The average Bonchev–Trinajstić information content (AvgIpc) is 3.23. The number of H-pyrrole nitrogens is 1. The monoisotopic (exact) mass is 547 g/mol. The fourth-order valence-corrected chi connectivity index (χ4v) is 3.47. The first kappa shape index (κ1) is 26.8. The van der Waals surface area contributed by atoms with E-state index in [9.17, 15) is 44.3 Å². The minimum Gasteiger partial charge on any atom is -0.489 e. The van der Waals surface area contributed by atoms with E-state index >= 15 is 0 Å². The second kappa shape index (κ2) is 9.58. The van der Waals surface area contributed by atoms with Crippen LogP contribution in [0.2, 0.25) is 0 Å². The van der Waals surface area contributed by atoms with Crippen molar-refractivity contribution in [3.8, 4) is 5.75 Å². The Morgan fingerprint density at radius 1 is 0.789 bits per heavy atom. The van der Waals surface area contributed by atoms with Gasteiger partial charge in [0.2, 0.25) is 0 Å². The predicted molar refractivity (Wildman–Crippen MR) is 116 cm³/mol. The molecule has 0 unspecified atom stereocenters. The summed E-state index contributed by atoms with van der Waals surface area (Å²) in [6.07, 6.45) is -14.6. The number of carbonyl (C=O) groups excluding carboxylic acids is 1. The van der Waals surface area contributed by atoms with Gasteiger partial charge < -0.3 is 10.1 Å². The summed E-state index contributed by atoms with van der Waals surface area (Å²) in [4.78, 5) is 12.5. The smallest absolute Gasteiger partial charge is 0.416 e. The summed E-state index contributed by atoms with van der Waals surface area (Å²) < 4.78 is 122. The van der Waals surface area contributed by atoms with Crippen LogP contribution in [0.1, 0.15) is 32.6 Å². The summed E-state index contributed by atoms with van der Waals surface area (Å²) in [5, 5.41) is 9.18. The Labute approximate surface area is 207 Å². The van der Waals surface area contributed by atoms with Gasteiger partial charge in [0.1, 0.15) is 12.4 Å². The van der Waals surface area contributed by atoms with Gasteiger partial charge in [0.15, 0.2) is 5.82 Å². The molecule has 4 rings (SSSR count). The highest BCUT2D eigenvalue weighted by Gasteiger charge is 2.38. The van der Waals surface area contributed by atoms with E-state index in [1.807, 2.05) is 0 Å². The van der Waals surface area contributed by atoms with Crippen molar-refractivity contribution in [2.45, 2.75) is 25.1 Å². The van der Waals surface area contributed by atoms with E-state index in [1.165, 1.54) is 18.2 Å². The number of halogens is 9. The lowest BCUT2D eigenvalue weighted by Gasteiger charge is -2.16. The molecule has 1 heterocycles. The van der Waals surface area contributed by atoms with Crippen molar-refractivity contribution in [3.63, 3.8) is 0 Å². The standard InChI is InChI=1S/C24H14F9N3O2/c25-22(26,27)14-4-1-12(2-5-14)21(37)34-20-17-10-16(7-8-19(17)35-36-20)38-11-13-3-6-15(23(28,29)30)9-18(13)24(31,32)33/h1-10H,11H2,(H2,34,35,36,37). The Morgan fingerprint density at radius 2 is 1.42 bits per heavy atom. The van der Waals surface area contributed by atoms with Gasteiger partial charge >= 0.3 is 18.5 Å². The second-order valence-electron chi connectivity index (χ2n) is 7.96. The molecule has 0 radical (unpaired) electrons. The Hall–Kier alpha value is -4.23. The van der Waals surface area contributed by atoms with E-state index in [0.717, 1.165) is 24.3 Å². The molecule has 0 atom stereocenters. The molecular formula is C24H14F9N3O2. The van der Waals surface area contributed by atoms with Gasteiger partial charge in [0, 0.05) is 16.5 Å². The quantitative estimate of drug-likeness (QED) is 0.255. The van der Waals surface area contributed by atoms with Crippen LogP contribution in [0.3, 0.4) is 0 Å². The maximum atomic E-state index is 13.4. The van der Waals surface area contributed by atoms with Crippen molar-refractivity contribution < 1.29 is 49.0 Å². The van der Waals surface area contributed by atoms with Gasteiger partial charge in [-0.1, -0.05) is 6.07 Å². The molecule has 1 amide bonds. The number of fused-ring (bicyclic) bond motifs is 1. The summed E-state index contributed by atoms with van der Waals surface area (Å²) in [6.45, 7) is -0.719. The molecule has 0 bridgehead atoms. The number of nitrogens with zero attached hydrogens (tertiary/aromatic N) is 1. The number of rotatable bonds is 5. The normalized spacial score (nSPS) is 12.6. The van der Waals surface area contributed by atoms with E-state index in [1.54, 1.807) is 0 Å². The van der Waals surface area contributed by atoms with Gasteiger partial charge in [-0.05, 0) is 54.6 Å². The molecule has 2 N–H and O–H groups in total. The zero-order valence-electron chi connectivity index (χ0n) is 18.6. The van der Waals surface area contributed by atoms with Gasteiger partial charge in [-0.3, -0.25) is 9.89 Å². The third-order valence-corrected chi connectivity index (χ3v) is 5.38. The minimum absolute atomic E-state index is 0.00679. The Bertz CT molecular complexity index is 1470. The number of hydrogen-bond donors (Lipinski definition) is 2. The molecule has 5 nitrogen and oxygen atoms in total. The van der Waals surface area contributed by atoms with Crippen molar-refractivity contribution in [3.05, 3.63) is 88.5 Å². The van der Waals surface area contributed by atoms with E-state index in [0.29, 0.717) is 17.6 Å². The largest absolute Gasteiger partial charge is 0.489 e. The van der Waals surface area contributed by atoms with E-state index in [-0.39, 0.29) is 28.6 Å². The molecule has 0 spiro atoms. The molecule has 0 fully saturated rings. The van der Waals surface area contributed by atoms with Gasteiger partial charge in [-0.25, -0.2) is 0 Å². The van der Waals surface area contributed by atoms with E-state index < -0.39 is 53.3 Å². The molecule has 3 aromatic carbocycles. The molecule has 4 aromatic rings. The molecule has 0 aliphatic heterocycles. The lowest BCUT2D eigenvalue weighted by molar-refractivity contribution is -0.143. The van der Waals surface area contributed by atoms with Crippen molar-refractivity contribution >= 4 is 22.6 Å². The third-order valence-electron chi connectivity index (χ3n) is 5.38. The number of alkyl halides is 9. The van der Waals surface area contributed by atoms with Crippen molar-refractivity contribution in [1.29, 1.82) is 0 Å². The third kappa shape index (κ3) is 5.84. The molecular weight excluding hydrogens is 533 g/mol. The zero-order chi connectivity index (χ0) is 27.9. The number of carbonyl (C=O) groups is 1. The SMILES string of the molecule is O=C(Nc1n[nH]c2ccc(OCc3ccc(C(F)(F)F)cc3C(F)(F)F)cc12)c1ccc(C(F)(F)F)cc1. The highest BCUT2D eigenvalue weighted by molar-refractivity contribution is 6.08. The number of hydrogen-bond acceptors (Lipinski definition) is 3. The van der Waals surface area contributed by atoms with Crippen LogP contribution >= 0.6 is 0 Å². The van der Waals surface area contributed by atoms with E-state index in [4.69, 9.17) is 4.74 Å². The molecule has 0 aliphatic rings. The lowest BCUT2D eigenvalue weighted by Crippen LogP contribution is -2.14. The predicted octanol–water partition coefficient (Wildman–Crippen LogP) is 7.45. The van der Waals surface area contributed by atoms with Crippen LogP contribution in [0.15, 0.2) is 60.7 Å². The molecule has 14 heteroatoms. The van der Waals surface area contributed by atoms with Gasteiger partial charge in [0.25, 0.3) is 5.91 Å². The van der Waals surface area contributed by atoms with Crippen LogP contribution in [0.25, 0.3) is 10.9 Å². The summed E-state index contributed by atoms with van der Waals surface area (Å²) >= 11 is 0. The first-order valence-corrected chi connectivity index (χ1v) is 10.5. The van der Waals surface area contributed by atoms with Crippen LogP contribution in [-0.2, 0) is 25.1 Å². The maximum absolute atomic E-state index is 13.4. The lowest BCUT2D eigenvalue weighted by atomic mass is 10.0. The summed E-state index contributed by atoms with van der Waals surface area (Å²) in [7, 11) is 0. The Kier molecular flexibility index (Phi) is 6.76. The first-order chi connectivity index (χ1) is 17.6. The van der Waals surface area contributed by atoms with Crippen LogP contribution in [0, 0.1) is 0 Å². The van der Waals surface area contributed by atoms with Crippen LogP contribution in [0.5, 0.6) is 5.75 Å². The van der Waals surface area contributed by atoms with Crippen LogP contribution in [0.4, 0.5) is 45.3 Å². The zero-order valence-corrected chi connectivity index (χ0v) is 18.6. The number of aromatic amines is 1. The number of amides is 1. The van der Waals surface area contributed by atoms with Crippen molar-refractivity contribution in [2.75, 3.05) is 5.32 Å². The van der Waals surface area contributed by atoms with E-state index in [2.05, 4.69) is 15.5 Å². The van der Waals surface area contributed by atoms with Crippen LogP contribution < -0.4 is 10.1 Å². The number of benzene rings is 3. The molecule has 0 saturated carbocycles. The highest BCUT2D eigenvalue weighted by Crippen LogP contribution is 2.38. The molecule has 0 aliphatic carbocycles. The maximum Gasteiger partial charge on any atom is 0.416 e. The summed E-state index contributed by atoms with van der Waals surface area (Å²) in [5.74, 6) is -0.809. The topological polar surface area (TPSA) is 67.0 Å². The molecule has 1 aromatic heterocycles. The number of aromatic nitrogens is 2. The van der Waals surface area contributed by atoms with Crippen molar-refractivity contribution in [2.24, 2.45) is 0 Å². The molecule has 38 heavy (non-hydrogen) atoms. The van der Waals surface area contributed by atoms with Crippen LogP contribution in [-0.4, -0.2) is 16.1 Å². The molecule has 200 valence electrons. The van der Waals surface area contributed by atoms with Gasteiger partial charge in [-0.15, -0.1) is 0 Å². The van der Waals surface area contributed by atoms with Crippen molar-refractivity contribution in [1.82, 2.24) is 10.2 Å². The highest BCUT2D eigenvalue weighted by atomic mass is 19.4. The summed E-state index contributed by atoms with van der Waals surface area (Å²) in [6, 6.07) is 8.74. The fourth-order valence-electron chi connectivity index (χ4n) is 3.47. The second-order valence-corrected chi connectivity index (χ2v) is 7.96. The average molecular weight is 547 g/mol. The number of ether oxygens (including phenoxy) is 1. The Morgan fingerprint density at radius 3 is 2.03 bits per heavy atom. The number of nitrogens with one attached hydrogen (secondary N) is 2. The van der Waals surface area contributed by atoms with Gasteiger partial charge in [-0.2, -0.15) is 44.6 Å². The number of anilines is 1.